The number of aryl methyl sites for hydroxylation is 2. The first-order chi connectivity index (χ1) is 23.6. The Labute approximate surface area is 289 Å². The Kier molecular flexibility index (Phi) is 12.5. The molecule has 5 aromatic carbocycles. The predicted octanol–water partition coefficient (Wildman–Crippen LogP) is 9.09. The van der Waals surface area contributed by atoms with Gasteiger partial charge in [0.25, 0.3) is 0 Å². The lowest BCUT2D eigenvalue weighted by Crippen LogP contribution is -2.60. The molecule has 0 aliphatic carbocycles. The van der Waals surface area contributed by atoms with Gasteiger partial charge in [-0.1, -0.05) is 151 Å². The first-order valence-corrected chi connectivity index (χ1v) is 17.5. The van der Waals surface area contributed by atoms with Crippen molar-refractivity contribution in [2.75, 3.05) is 6.61 Å². The van der Waals surface area contributed by atoms with Crippen LogP contribution >= 0.6 is 11.8 Å². The van der Waals surface area contributed by atoms with E-state index in [2.05, 4.69) is 80.6 Å². The van der Waals surface area contributed by atoms with Gasteiger partial charge in [0, 0.05) is 4.90 Å². The van der Waals surface area contributed by atoms with Crippen molar-refractivity contribution in [1.82, 2.24) is 0 Å². The van der Waals surface area contributed by atoms with Crippen molar-refractivity contribution in [3.05, 3.63) is 173 Å². The highest BCUT2D eigenvalue weighted by molar-refractivity contribution is 8.00. The summed E-state index contributed by atoms with van der Waals surface area (Å²) in [5.41, 5.74) is 6.39. The van der Waals surface area contributed by atoms with Crippen LogP contribution in [-0.2, 0) is 50.1 Å². The maximum Gasteiger partial charge on any atom is 0.137 e. The number of benzene rings is 5. The fraction of sp³-hybridized carbons (Fsp3) is 0.286. The van der Waals surface area contributed by atoms with E-state index in [-0.39, 0.29) is 5.44 Å². The van der Waals surface area contributed by atoms with Gasteiger partial charge in [-0.15, -0.1) is 0 Å². The summed E-state index contributed by atoms with van der Waals surface area (Å²) >= 11 is 1.70. The van der Waals surface area contributed by atoms with E-state index < -0.39 is 24.4 Å². The molecule has 5 nitrogen and oxygen atoms in total. The lowest BCUT2D eigenvalue weighted by Gasteiger charge is -2.46. The van der Waals surface area contributed by atoms with E-state index in [1.807, 2.05) is 72.8 Å². The van der Waals surface area contributed by atoms with Crippen molar-refractivity contribution in [2.45, 2.75) is 75.0 Å². The van der Waals surface area contributed by atoms with E-state index in [1.54, 1.807) is 11.8 Å². The largest absolute Gasteiger partial charge is 0.374 e. The number of hydrogen-bond donors (Lipinski definition) is 0. The van der Waals surface area contributed by atoms with Crippen LogP contribution in [0.4, 0.5) is 0 Å². The number of rotatable bonds is 15. The molecule has 0 bridgehead atoms. The van der Waals surface area contributed by atoms with Gasteiger partial charge in [-0.3, -0.25) is 0 Å². The van der Waals surface area contributed by atoms with Crippen molar-refractivity contribution < 1.29 is 23.7 Å². The van der Waals surface area contributed by atoms with Crippen molar-refractivity contribution >= 4 is 11.8 Å². The van der Waals surface area contributed by atoms with E-state index in [1.165, 1.54) is 16.0 Å². The van der Waals surface area contributed by atoms with Crippen LogP contribution in [0.2, 0.25) is 0 Å². The Morgan fingerprint density at radius 3 is 1.38 bits per heavy atom. The van der Waals surface area contributed by atoms with Crippen LogP contribution in [0.5, 0.6) is 0 Å². The Bertz CT molecular complexity index is 1630. The van der Waals surface area contributed by atoms with Crippen LogP contribution in [0, 0.1) is 13.8 Å². The van der Waals surface area contributed by atoms with Gasteiger partial charge in [0.1, 0.15) is 29.9 Å². The second-order valence-electron chi connectivity index (χ2n) is 12.2. The monoisotopic (exact) mass is 660 g/mol. The molecular formula is C42H44O5S. The summed E-state index contributed by atoms with van der Waals surface area (Å²) in [6.07, 6.45) is -1.75. The molecule has 5 aromatic rings. The van der Waals surface area contributed by atoms with E-state index in [9.17, 15) is 0 Å². The highest BCUT2D eigenvalue weighted by Crippen LogP contribution is 2.40. The van der Waals surface area contributed by atoms with Crippen molar-refractivity contribution in [1.29, 1.82) is 0 Å². The van der Waals surface area contributed by atoms with Crippen LogP contribution in [0.3, 0.4) is 0 Å². The maximum atomic E-state index is 7.03. The van der Waals surface area contributed by atoms with Gasteiger partial charge in [-0.2, -0.15) is 0 Å². The SMILES string of the molecule is Cc1cccc(C)c1S[C@@H]1O[C@H](COCc2ccccc2)[C@H](OCc2ccccc2)[C@H](OCc2ccccc2)[C@H]1OCc1ccccc1. The molecule has 1 saturated heterocycles. The molecule has 0 unspecified atom stereocenters. The number of hydrogen-bond acceptors (Lipinski definition) is 6. The minimum absolute atomic E-state index is 0.342. The average molecular weight is 661 g/mol. The molecule has 6 rings (SSSR count). The minimum atomic E-state index is -0.458. The molecule has 1 aliphatic rings. The molecule has 6 heteroatoms. The molecule has 248 valence electrons. The van der Waals surface area contributed by atoms with Gasteiger partial charge in [0.2, 0.25) is 0 Å². The molecule has 1 fully saturated rings. The Morgan fingerprint density at radius 2 is 0.896 bits per heavy atom. The van der Waals surface area contributed by atoms with Crippen LogP contribution in [0.15, 0.2) is 144 Å². The summed E-state index contributed by atoms with van der Waals surface area (Å²) in [6.45, 7) is 6.36. The summed E-state index contributed by atoms with van der Waals surface area (Å²) in [4.78, 5) is 1.19. The third kappa shape index (κ3) is 9.44. The lowest BCUT2D eigenvalue weighted by molar-refractivity contribution is -0.254. The quantitative estimate of drug-likeness (QED) is 0.112. The summed E-state index contributed by atoms with van der Waals surface area (Å²) in [5, 5.41) is 0. The van der Waals surface area contributed by atoms with E-state index in [0.717, 1.165) is 22.3 Å². The third-order valence-electron chi connectivity index (χ3n) is 8.48. The summed E-state index contributed by atoms with van der Waals surface area (Å²) in [6, 6.07) is 47.4. The van der Waals surface area contributed by atoms with Crippen LogP contribution in [0.25, 0.3) is 0 Å². The smallest absolute Gasteiger partial charge is 0.137 e. The fourth-order valence-electron chi connectivity index (χ4n) is 5.94. The maximum absolute atomic E-state index is 7.03. The molecular weight excluding hydrogens is 617 g/mol. The molecule has 0 spiro atoms. The Morgan fingerprint density at radius 1 is 0.479 bits per heavy atom. The first kappa shape index (κ1) is 34.1. The zero-order valence-corrected chi connectivity index (χ0v) is 28.5. The molecule has 5 atom stereocenters. The number of thioether (sulfide) groups is 1. The zero-order valence-electron chi connectivity index (χ0n) is 27.7. The second-order valence-corrected chi connectivity index (χ2v) is 13.3. The number of ether oxygens (including phenoxy) is 5. The van der Waals surface area contributed by atoms with Gasteiger partial charge in [-0.25, -0.2) is 0 Å². The van der Waals surface area contributed by atoms with Crippen molar-refractivity contribution in [3.63, 3.8) is 0 Å². The van der Waals surface area contributed by atoms with E-state index >= 15 is 0 Å². The molecule has 0 saturated carbocycles. The highest BCUT2D eigenvalue weighted by Gasteiger charge is 2.49. The Balaban J connectivity index is 1.34. The van der Waals surface area contributed by atoms with Gasteiger partial charge in [-0.05, 0) is 47.2 Å². The molecule has 48 heavy (non-hydrogen) atoms. The highest BCUT2D eigenvalue weighted by atomic mass is 32.2. The van der Waals surface area contributed by atoms with Gasteiger partial charge in [0.05, 0.1) is 33.0 Å². The van der Waals surface area contributed by atoms with Gasteiger partial charge >= 0.3 is 0 Å². The molecule has 0 aromatic heterocycles. The zero-order chi connectivity index (χ0) is 33.0. The first-order valence-electron chi connectivity index (χ1n) is 16.6. The summed E-state index contributed by atoms with van der Waals surface area (Å²) in [5.74, 6) is 0. The molecule has 0 amide bonds. The molecule has 0 N–H and O–H groups in total. The van der Waals surface area contributed by atoms with Gasteiger partial charge < -0.3 is 23.7 Å². The normalized spacial score (nSPS) is 20.8. The van der Waals surface area contributed by atoms with Crippen LogP contribution in [-0.4, -0.2) is 36.5 Å². The van der Waals surface area contributed by atoms with Crippen molar-refractivity contribution in [2.24, 2.45) is 0 Å². The minimum Gasteiger partial charge on any atom is -0.374 e. The predicted molar refractivity (Wildman–Crippen MR) is 192 cm³/mol. The third-order valence-corrected chi connectivity index (χ3v) is 9.97. The van der Waals surface area contributed by atoms with Gasteiger partial charge in [0.15, 0.2) is 0 Å². The Hall–Kier alpha value is -3.75. The van der Waals surface area contributed by atoms with Crippen molar-refractivity contribution in [3.8, 4) is 0 Å². The topological polar surface area (TPSA) is 46.2 Å². The molecule has 1 aliphatic heterocycles. The summed E-state index contributed by atoms with van der Waals surface area (Å²) < 4.78 is 33.9. The van der Waals surface area contributed by atoms with E-state index in [0.29, 0.717) is 33.0 Å². The molecule has 1 heterocycles. The standard InChI is InChI=1S/C42H44O5S/c1-31-16-15-17-32(2)41(31)48-42-40(46-29-36-24-13-6-14-25-36)39(45-28-35-22-11-5-12-23-35)38(44-27-34-20-9-4-10-21-34)37(47-42)30-43-26-33-18-7-3-8-19-33/h3-25,37-40,42H,26-30H2,1-2H3/t37-,38+,39+,40-,42+/m1/s1. The lowest BCUT2D eigenvalue weighted by atomic mass is 9.98. The van der Waals surface area contributed by atoms with Crippen LogP contribution in [0.1, 0.15) is 33.4 Å². The fourth-order valence-corrected chi connectivity index (χ4v) is 7.25. The average Bonchev–Trinajstić information content (AvgIpc) is 3.13. The van der Waals surface area contributed by atoms with Crippen LogP contribution < -0.4 is 0 Å². The van der Waals surface area contributed by atoms with E-state index in [4.69, 9.17) is 23.7 Å². The molecule has 0 radical (unpaired) electrons. The second kappa shape index (κ2) is 17.6. The summed E-state index contributed by atoms with van der Waals surface area (Å²) in [7, 11) is 0.